The lowest BCUT2D eigenvalue weighted by atomic mass is 10.0. The fourth-order valence-corrected chi connectivity index (χ4v) is 0.873. The van der Waals surface area contributed by atoms with Crippen LogP contribution in [0.3, 0.4) is 0 Å². The number of cyclic esters (lactones) is 1. The average molecular weight is 138 g/mol. The second-order valence-corrected chi connectivity index (χ2v) is 2.28. The lowest BCUT2D eigenvalue weighted by Gasteiger charge is -2.02. The molecule has 0 aromatic rings. The maximum atomic E-state index is 10.8. The van der Waals surface area contributed by atoms with E-state index >= 15 is 0 Å². The third-order valence-electron chi connectivity index (χ3n) is 1.60. The van der Waals surface area contributed by atoms with Crippen LogP contribution in [0.1, 0.15) is 6.92 Å². The first-order chi connectivity index (χ1) is 4.75. The Kier molecular flexibility index (Phi) is 1.90. The summed E-state index contributed by atoms with van der Waals surface area (Å²) in [6.45, 7) is 5.94. The molecule has 54 valence electrons. The van der Waals surface area contributed by atoms with Crippen LogP contribution in [0.2, 0.25) is 0 Å². The van der Waals surface area contributed by atoms with Gasteiger partial charge in [-0.25, -0.2) is 4.79 Å². The van der Waals surface area contributed by atoms with Gasteiger partial charge in [-0.3, -0.25) is 0 Å². The van der Waals surface area contributed by atoms with Gasteiger partial charge in [-0.05, 0) is 6.08 Å². The van der Waals surface area contributed by atoms with Crippen molar-refractivity contribution >= 4 is 5.97 Å². The summed E-state index contributed by atoms with van der Waals surface area (Å²) in [6.07, 6.45) is 3.53. The van der Waals surface area contributed by atoms with Crippen LogP contribution in [-0.4, -0.2) is 12.6 Å². The summed E-state index contributed by atoms with van der Waals surface area (Å²) in [5.41, 5.74) is 0.731. The van der Waals surface area contributed by atoms with E-state index in [0.717, 1.165) is 5.57 Å². The Labute approximate surface area is 60.2 Å². The molecule has 0 saturated heterocycles. The van der Waals surface area contributed by atoms with Gasteiger partial charge in [0.25, 0.3) is 0 Å². The Hall–Kier alpha value is -1.05. The van der Waals surface area contributed by atoms with Gasteiger partial charge in [0, 0.05) is 11.5 Å². The van der Waals surface area contributed by atoms with Gasteiger partial charge >= 0.3 is 5.97 Å². The maximum absolute atomic E-state index is 10.8. The highest BCUT2D eigenvalue weighted by molar-refractivity contribution is 5.91. The van der Waals surface area contributed by atoms with Gasteiger partial charge in [0.1, 0.15) is 6.61 Å². The first-order valence-corrected chi connectivity index (χ1v) is 3.25. The molecule has 0 saturated carbocycles. The highest BCUT2D eigenvalue weighted by Gasteiger charge is 2.19. The maximum Gasteiger partial charge on any atom is 0.334 e. The van der Waals surface area contributed by atoms with Crippen molar-refractivity contribution in [1.82, 2.24) is 0 Å². The van der Waals surface area contributed by atoms with E-state index in [1.807, 2.05) is 6.92 Å². The topological polar surface area (TPSA) is 26.3 Å². The van der Waals surface area contributed by atoms with E-state index in [0.29, 0.717) is 6.61 Å². The minimum atomic E-state index is -0.201. The molecule has 1 aliphatic rings. The van der Waals surface area contributed by atoms with Gasteiger partial charge in [-0.1, -0.05) is 13.0 Å². The molecule has 0 unspecified atom stereocenters. The van der Waals surface area contributed by atoms with Crippen molar-refractivity contribution in [3.63, 3.8) is 0 Å². The molecular formula is C8H10O2. The Bertz CT molecular complexity index is 191. The lowest BCUT2D eigenvalue weighted by Crippen LogP contribution is -2.05. The van der Waals surface area contributed by atoms with Crippen LogP contribution in [0.4, 0.5) is 0 Å². The molecule has 2 heteroatoms. The molecule has 0 spiro atoms. The van der Waals surface area contributed by atoms with Crippen molar-refractivity contribution in [3.8, 4) is 0 Å². The zero-order valence-electron chi connectivity index (χ0n) is 5.96. The van der Waals surface area contributed by atoms with Crippen LogP contribution < -0.4 is 0 Å². The van der Waals surface area contributed by atoms with Gasteiger partial charge in [-0.2, -0.15) is 0 Å². The van der Waals surface area contributed by atoms with Crippen molar-refractivity contribution in [3.05, 3.63) is 24.3 Å². The average Bonchev–Trinajstić information content (AvgIpc) is 2.34. The van der Waals surface area contributed by atoms with Crippen molar-refractivity contribution < 1.29 is 9.53 Å². The summed E-state index contributed by atoms with van der Waals surface area (Å²) in [6, 6.07) is 0. The standard InChI is InChI=1S/C8H10O2/c1-3-6(2)7-4-5-10-8(7)9/h3-4,6H,1,5H2,2H3/t6-/m0/s1. The van der Waals surface area contributed by atoms with Crippen LogP contribution in [0.5, 0.6) is 0 Å². The molecule has 0 amide bonds. The molecule has 0 aromatic carbocycles. The summed E-state index contributed by atoms with van der Waals surface area (Å²) >= 11 is 0. The van der Waals surface area contributed by atoms with Gasteiger partial charge in [-0.15, -0.1) is 6.58 Å². The molecule has 2 nitrogen and oxygen atoms in total. The van der Waals surface area contributed by atoms with Gasteiger partial charge in [0.05, 0.1) is 0 Å². The second kappa shape index (κ2) is 2.69. The summed E-state index contributed by atoms with van der Waals surface area (Å²) in [5, 5.41) is 0. The molecule has 0 bridgehead atoms. The first-order valence-electron chi connectivity index (χ1n) is 3.25. The van der Waals surface area contributed by atoms with Crippen molar-refractivity contribution in [2.75, 3.05) is 6.61 Å². The van der Waals surface area contributed by atoms with E-state index in [9.17, 15) is 4.79 Å². The number of ether oxygens (including phenoxy) is 1. The number of carbonyl (C=O) groups excluding carboxylic acids is 1. The first kappa shape index (κ1) is 7.06. The van der Waals surface area contributed by atoms with Crippen molar-refractivity contribution in [2.24, 2.45) is 5.92 Å². The zero-order valence-corrected chi connectivity index (χ0v) is 5.96. The Balaban J connectivity index is 2.71. The van der Waals surface area contributed by atoms with E-state index in [-0.39, 0.29) is 11.9 Å². The van der Waals surface area contributed by atoms with Crippen molar-refractivity contribution in [2.45, 2.75) is 6.92 Å². The van der Waals surface area contributed by atoms with Gasteiger partial charge in [0.2, 0.25) is 0 Å². The second-order valence-electron chi connectivity index (χ2n) is 2.28. The quantitative estimate of drug-likeness (QED) is 0.424. The minimum Gasteiger partial charge on any atom is -0.458 e. The monoisotopic (exact) mass is 138 g/mol. The molecule has 0 N–H and O–H groups in total. The molecule has 1 heterocycles. The van der Waals surface area contributed by atoms with E-state index in [1.54, 1.807) is 12.2 Å². The van der Waals surface area contributed by atoms with E-state index < -0.39 is 0 Å². The highest BCUT2D eigenvalue weighted by Crippen LogP contribution is 2.17. The number of esters is 1. The summed E-state index contributed by atoms with van der Waals surface area (Å²) in [7, 11) is 0. The zero-order chi connectivity index (χ0) is 7.56. The van der Waals surface area contributed by atoms with Crippen LogP contribution in [-0.2, 0) is 9.53 Å². The Morgan fingerprint density at radius 3 is 3.00 bits per heavy atom. The Morgan fingerprint density at radius 2 is 2.60 bits per heavy atom. The fraction of sp³-hybridized carbons (Fsp3) is 0.375. The van der Waals surface area contributed by atoms with Gasteiger partial charge < -0.3 is 4.74 Å². The molecular weight excluding hydrogens is 128 g/mol. The molecule has 0 aliphatic carbocycles. The molecule has 0 aromatic heterocycles. The predicted octanol–water partition coefficient (Wildman–Crippen LogP) is 1.29. The number of carbonyl (C=O) groups is 1. The number of allylic oxidation sites excluding steroid dienone is 1. The number of rotatable bonds is 2. The largest absolute Gasteiger partial charge is 0.458 e. The van der Waals surface area contributed by atoms with Crippen molar-refractivity contribution in [1.29, 1.82) is 0 Å². The SMILES string of the molecule is C=C[C@H](C)C1=CCOC1=O. The van der Waals surface area contributed by atoms with E-state index in [2.05, 4.69) is 6.58 Å². The van der Waals surface area contributed by atoms with Crippen LogP contribution >= 0.6 is 0 Å². The fourth-order valence-electron chi connectivity index (χ4n) is 0.873. The summed E-state index contributed by atoms with van der Waals surface area (Å²) in [4.78, 5) is 10.8. The third kappa shape index (κ3) is 1.10. The molecule has 10 heavy (non-hydrogen) atoms. The van der Waals surface area contributed by atoms with Crippen LogP contribution in [0.25, 0.3) is 0 Å². The van der Waals surface area contributed by atoms with Crippen LogP contribution in [0.15, 0.2) is 24.3 Å². The Morgan fingerprint density at radius 1 is 1.90 bits per heavy atom. The lowest BCUT2D eigenvalue weighted by molar-refractivity contribution is -0.136. The van der Waals surface area contributed by atoms with Crippen LogP contribution in [0, 0.1) is 5.92 Å². The molecule has 0 radical (unpaired) electrons. The molecule has 1 aliphatic heterocycles. The van der Waals surface area contributed by atoms with E-state index in [4.69, 9.17) is 4.74 Å². The molecule has 1 rings (SSSR count). The minimum absolute atomic E-state index is 0.120. The van der Waals surface area contributed by atoms with Gasteiger partial charge in [0.15, 0.2) is 0 Å². The molecule has 0 fully saturated rings. The third-order valence-corrected chi connectivity index (χ3v) is 1.60. The summed E-state index contributed by atoms with van der Waals surface area (Å²) < 4.78 is 4.71. The normalized spacial score (nSPS) is 19.7. The number of hydrogen-bond donors (Lipinski definition) is 0. The summed E-state index contributed by atoms with van der Waals surface area (Å²) in [5.74, 6) is -0.0811. The molecule has 1 atom stereocenters. The predicted molar refractivity (Wildman–Crippen MR) is 38.4 cm³/mol. The van der Waals surface area contributed by atoms with E-state index in [1.165, 1.54) is 0 Å². The highest BCUT2D eigenvalue weighted by atomic mass is 16.5. The number of hydrogen-bond acceptors (Lipinski definition) is 2. The smallest absolute Gasteiger partial charge is 0.334 e.